The molecule has 1 saturated carbocycles. The smallest absolute Gasteiger partial charge is 0.471 e. The molecule has 0 aromatic heterocycles. The molecule has 1 aliphatic carbocycles. The Hall–Kier alpha value is -1.27. The van der Waals surface area contributed by atoms with Gasteiger partial charge < -0.3 is 10.4 Å². The van der Waals surface area contributed by atoms with Crippen LogP contribution in [0.15, 0.2) is 0 Å². The van der Waals surface area contributed by atoms with Gasteiger partial charge in [0.05, 0.1) is 0 Å². The Balaban J connectivity index is 2.70. The summed E-state index contributed by atoms with van der Waals surface area (Å²) < 4.78 is 36.3. The number of carbonyl (C=O) groups is 2. The lowest BCUT2D eigenvalue weighted by Crippen LogP contribution is -2.50. The van der Waals surface area contributed by atoms with Gasteiger partial charge in [0.1, 0.15) is 6.04 Å². The fraction of sp³-hybridized carbons (Fsp3) is 0.818. The van der Waals surface area contributed by atoms with Crippen molar-refractivity contribution in [1.82, 2.24) is 5.32 Å². The topological polar surface area (TPSA) is 66.4 Å². The van der Waals surface area contributed by atoms with E-state index in [1.165, 1.54) is 0 Å². The summed E-state index contributed by atoms with van der Waals surface area (Å²) in [5, 5.41) is 10.5. The number of amides is 1. The van der Waals surface area contributed by atoms with Crippen molar-refractivity contribution < 1.29 is 27.9 Å². The molecule has 0 spiro atoms. The van der Waals surface area contributed by atoms with Crippen molar-refractivity contribution in [3.8, 4) is 0 Å². The van der Waals surface area contributed by atoms with Gasteiger partial charge in [0, 0.05) is 0 Å². The second-order valence-electron chi connectivity index (χ2n) is 4.54. The molecular weight excluding hydrogens is 251 g/mol. The van der Waals surface area contributed by atoms with Gasteiger partial charge >= 0.3 is 18.1 Å². The van der Waals surface area contributed by atoms with E-state index in [9.17, 15) is 22.8 Å². The molecule has 0 aromatic carbocycles. The molecule has 1 unspecified atom stereocenters. The van der Waals surface area contributed by atoms with Crippen LogP contribution in [0.5, 0.6) is 0 Å². The van der Waals surface area contributed by atoms with Crippen LogP contribution in [0.4, 0.5) is 13.2 Å². The summed E-state index contributed by atoms with van der Waals surface area (Å²) in [6.45, 7) is 0. The number of rotatable bonds is 3. The minimum absolute atomic E-state index is 0.420. The number of aliphatic carboxylic acids is 1. The first-order valence-corrected chi connectivity index (χ1v) is 5.93. The third kappa shape index (κ3) is 4.19. The van der Waals surface area contributed by atoms with Gasteiger partial charge in [0.25, 0.3) is 0 Å². The molecule has 1 rings (SSSR count). The Labute approximate surface area is 103 Å². The van der Waals surface area contributed by atoms with E-state index in [-0.39, 0.29) is 0 Å². The largest absolute Gasteiger partial charge is 0.480 e. The lowest BCUT2D eigenvalue weighted by Gasteiger charge is -2.23. The Morgan fingerprint density at radius 2 is 1.61 bits per heavy atom. The minimum Gasteiger partial charge on any atom is -0.480 e. The normalized spacial score (nSPS) is 19.9. The summed E-state index contributed by atoms with van der Waals surface area (Å²) in [6, 6.07) is -1.45. The van der Waals surface area contributed by atoms with E-state index in [0.717, 1.165) is 25.7 Å². The average Bonchev–Trinajstić information content (AvgIpc) is 2.52. The van der Waals surface area contributed by atoms with Crippen molar-refractivity contribution in [3.63, 3.8) is 0 Å². The van der Waals surface area contributed by atoms with Crippen LogP contribution in [-0.4, -0.2) is 29.2 Å². The first-order chi connectivity index (χ1) is 8.32. The maximum absolute atomic E-state index is 12.1. The van der Waals surface area contributed by atoms with Crippen LogP contribution < -0.4 is 5.32 Å². The lowest BCUT2D eigenvalue weighted by atomic mass is 9.92. The second-order valence-corrected chi connectivity index (χ2v) is 4.54. The van der Waals surface area contributed by atoms with E-state index in [1.807, 2.05) is 0 Å². The predicted molar refractivity (Wildman–Crippen MR) is 56.8 cm³/mol. The summed E-state index contributed by atoms with van der Waals surface area (Å²) in [5.74, 6) is -4.00. The third-order valence-electron chi connectivity index (χ3n) is 3.18. The van der Waals surface area contributed by atoms with Gasteiger partial charge in [-0.05, 0) is 18.8 Å². The maximum atomic E-state index is 12.1. The number of carboxylic acids is 1. The molecule has 1 amide bonds. The highest BCUT2D eigenvalue weighted by molar-refractivity contribution is 5.87. The first kappa shape index (κ1) is 14.8. The molecule has 0 bridgehead atoms. The zero-order valence-corrected chi connectivity index (χ0v) is 9.79. The third-order valence-corrected chi connectivity index (χ3v) is 3.18. The average molecular weight is 267 g/mol. The van der Waals surface area contributed by atoms with E-state index >= 15 is 0 Å². The van der Waals surface area contributed by atoms with Crippen molar-refractivity contribution in [2.45, 2.75) is 50.7 Å². The molecule has 1 fully saturated rings. The Morgan fingerprint density at radius 1 is 1.11 bits per heavy atom. The summed E-state index contributed by atoms with van der Waals surface area (Å²) in [7, 11) is 0. The van der Waals surface area contributed by atoms with Crippen LogP contribution in [0.1, 0.15) is 38.5 Å². The minimum atomic E-state index is -5.04. The zero-order chi connectivity index (χ0) is 13.8. The zero-order valence-electron chi connectivity index (χ0n) is 9.79. The SMILES string of the molecule is O=C(O)C(NC(=O)C(F)(F)F)C1CCCCCC1. The van der Waals surface area contributed by atoms with Gasteiger partial charge in [0.15, 0.2) is 0 Å². The van der Waals surface area contributed by atoms with Gasteiger partial charge in [-0.2, -0.15) is 13.2 Å². The van der Waals surface area contributed by atoms with Gasteiger partial charge in [-0.1, -0.05) is 25.7 Å². The summed E-state index contributed by atoms with van der Waals surface area (Å²) in [5.41, 5.74) is 0. The van der Waals surface area contributed by atoms with Gasteiger partial charge in [-0.25, -0.2) is 4.79 Å². The number of nitrogens with one attached hydrogen (secondary N) is 1. The lowest BCUT2D eigenvalue weighted by molar-refractivity contribution is -0.176. The number of hydrogen-bond acceptors (Lipinski definition) is 2. The predicted octanol–water partition coefficient (Wildman–Crippen LogP) is 2.09. The fourth-order valence-electron chi connectivity index (χ4n) is 2.25. The number of carbonyl (C=O) groups excluding carboxylic acids is 1. The van der Waals surface area contributed by atoms with Crippen molar-refractivity contribution in [1.29, 1.82) is 0 Å². The van der Waals surface area contributed by atoms with Crippen molar-refractivity contribution >= 4 is 11.9 Å². The molecule has 0 aliphatic heterocycles. The van der Waals surface area contributed by atoms with Crippen molar-refractivity contribution in [3.05, 3.63) is 0 Å². The van der Waals surface area contributed by atoms with Crippen LogP contribution in [0, 0.1) is 5.92 Å². The molecule has 7 heteroatoms. The van der Waals surface area contributed by atoms with Crippen LogP contribution in [0.2, 0.25) is 0 Å². The molecule has 18 heavy (non-hydrogen) atoms. The molecule has 0 aromatic rings. The standard InChI is InChI=1S/C11H16F3NO3/c12-11(13,14)10(18)15-8(9(16)17)7-5-3-1-2-4-6-7/h7-8H,1-6H2,(H,15,18)(H,16,17). The molecule has 0 saturated heterocycles. The van der Waals surface area contributed by atoms with E-state index < -0.39 is 30.0 Å². The van der Waals surface area contributed by atoms with Gasteiger partial charge in [0.2, 0.25) is 0 Å². The number of alkyl halides is 3. The Morgan fingerprint density at radius 3 is 2.00 bits per heavy atom. The molecule has 4 nitrogen and oxygen atoms in total. The molecule has 0 heterocycles. The first-order valence-electron chi connectivity index (χ1n) is 5.93. The van der Waals surface area contributed by atoms with Crippen LogP contribution in [-0.2, 0) is 9.59 Å². The van der Waals surface area contributed by atoms with Crippen LogP contribution in [0.3, 0.4) is 0 Å². The molecule has 1 atom stereocenters. The highest BCUT2D eigenvalue weighted by atomic mass is 19.4. The quantitative estimate of drug-likeness (QED) is 0.769. The van der Waals surface area contributed by atoms with E-state index in [1.54, 1.807) is 5.32 Å². The van der Waals surface area contributed by atoms with Crippen LogP contribution in [0.25, 0.3) is 0 Å². The summed E-state index contributed by atoms with van der Waals surface area (Å²) in [6.07, 6.45) is -0.485. The Kier molecular flexibility index (Phi) is 4.98. The Bertz CT molecular complexity index is 309. The number of halogens is 3. The van der Waals surface area contributed by atoms with E-state index in [4.69, 9.17) is 5.11 Å². The molecule has 1 aliphatic rings. The van der Waals surface area contributed by atoms with Crippen molar-refractivity contribution in [2.24, 2.45) is 5.92 Å². The van der Waals surface area contributed by atoms with E-state index in [2.05, 4.69) is 0 Å². The second kappa shape index (κ2) is 6.06. The van der Waals surface area contributed by atoms with Crippen LogP contribution >= 0.6 is 0 Å². The summed E-state index contributed by atoms with van der Waals surface area (Å²) >= 11 is 0. The van der Waals surface area contributed by atoms with Gasteiger partial charge in [-0.3, -0.25) is 4.79 Å². The highest BCUT2D eigenvalue weighted by Gasteiger charge is 2.42. The summed E-state index contributed by atoms with van der Waals surface area (Å²) in [4.78, 5) is 21.8. The monoisotopic (exact) mass is 267 g/mol. The molecular formula is C11H16F3NO3. The van der Waals surface area contributed by atoms with Crippen molar-refractivity contribution in [2.75, 3.05) is 0 Å². The number of hydrogen-bond donors (Lipinski definition) is 2. The van der Waals surface area contributed by atoms with E-state index in [0.29, 0.717) is 12.8 Å². The van der Waals surface area contributed by atoms with Gasteiger partial charge in [-0.15, -0.1) is 0 Å². The highest BCUT2D eigenvalue weighted by Crippen LogP contribution is 2.26. The molecule has 2 N–H and O–H groups in total. The molecule has 104 valence electrons. The number of carboxylic acid groups (broad SMARTS) is 1. The molecule has 0 radical (unpaired) electrons. The maximum Gasteiger partial charge on any atom is 0.471 e. The fourth-order valence-corrected chi connectivity index (χ4v) is 2.25.